The average Bonchev–Trinajstić information content (AvgIpc) is 2.84. The molecule has 0 bridgehead atoms. The van der Waals surface area contributed by atoms with Gasteiger partial charge in [-0.1, -0.05) is 0 Å². The van der Waals surface area contributed by atoms with E-state index in [0.717, 1.165) is 44.9 Å². The van der Waals surface area contributed by atoms with Crippen molar-refractivity contribution < 1.29 is 4.74 Å². The maximum Gasteiger partial charge on any atom is 0.165 e. The molecule has 2 aromatic heterocycles. The number of likely N-dealkylation sites (N-methyl/N-ethyl adjacent to an activating group) is 1. The van der Waals surface area contributed by atoms with Gasteiger partial charge in [-0.15, -0.1) is 0 Å². The summed E-state index contributed by atoms with van der Waals surface area (Å²) in [5, 5.41) is 0. The van der Waals surface area contributed by atoms with E-state index >= 15 is 0 Å². The Morgan fingerprint density at radius 3 is 2.95 bits per heavy atom. The smallest absolute Gasteiger partial charge is 0.165 e. The predicted molar refractivity (Wildman–Crippen MR) is 78.3 cm³/mol. The molecular formula is C13H22N6O. The van der Waals surface area contributed by atoms with Crippen molar-refractivity contribution in [1.82, 2.24) is 24.4 Å². The molecule has 0 unspecified atom stereocenters. The van der Waals surface area contributed by atoms with Gasteiger partial charge in [0, 0.05) is 19.7 Å². The van der Waals surface area contributed by atoms with Crippen molar-refractivity contribution in [1.29, 1.82) is 0 Å². The van der Waals surface area contributed by atoms with Crippen LogP contribution in [0.3, 0.4) is 0 Å². The van der Waals surface area contributed by atoms with E-state index in [1.165, 1.54) is 6.33 Å². The predicted octanol–water partition coefficient (Wildman–Crippen LogP) is 0.767. The molecule has 2 heterocycles. The summed E-state index contributed by atoms with van der Waals surface area (Å²) >= 11 is 0. The fourth-order valence-corrected chi connectivity index (χ4v) is 2.05. The van der Waals surface area contributed by atoms with Crippen molar-refractivity contribution in [3.8, 4) is 0 Å². The number of nitrogen functional groups attached to an aromatic ring is 1. The number of nitrogens with two attached hydrogens (primary N) is 1. The highest BCUT2D eigenvalue weighted by molar-refractivity contribution is 5.80. The summed E-state index contributed by atoms with van der Waals surface area (Å²) in [6.07, 6.45) is 4.28. The van der Waals surface area contributed by atoms with Crippen molar-refractivity contribution >= 4 is 17.0 Å². The van der Waals surface area contributed by atoms with E-state index in [1.807, 2.05) is 11.5 Å². The average molecular weight is 278 g/mol. The first-order valence-corrected chi connectivity index (χ1v) is 6.90. The Morgan fingerprint density at radius 2 is 2.15 bits per heavy atom. The van der Waals surface area contributed by atoms with Crippen LogP contribution in [0.2, 0.25) is 0 Å². The first-order valence-electron chi connectivity index (χ1n) is 6.90. The third kappa shape index (κ3) is 3.64. The van der Waals surface area contributed by atoms with Crippen LogP contribution in [0.15, 0.2) is 12.7 Å². The van der Waals surface area contributed by atoms with Crippen molar-refractivity contribution in [3.05, 3.63) is 12.7 Å². The number of anilines is 1. The normalized spacial score (nSPS) is 11.6. The minimum Gasteiger partial charge on any atom is -0.382 e. The monoisotopic (exact) mass is 278 g/mol. The van der Waals surface area contributed by atoms with Crippen LogP contribution in [0.1, 0.15) is 13.3 Å². The number of aromatic nitrogens is 4. The van der Waals surface area contributed by atoms with Gasteiger partial charge in [0.1, 0.15) is 11.8 Å². The lowest BCUT2D eigenvalue weighted by molar-refractivity contribution is 0.121. The van der Waals surface area contributed by atoms with Gasteiger partial charge in [0.15, 0.2) is 11.5 Å². The van der Waals surface area contributed by atoms with Crippen molar-refractivity contribution in [2.75, 3.05) is 39.1 Å². The summed E-state index contributed by atoms with van der Waals surface area (Å²) in [5.41, 5.74) is 7.24. The second-order valence-corrected chi connectivity index (χ2v) is 4.72. The van der Waals surface area contributed by atoms with Crippen LogP contribution >= 0.6 is 0 Å². The zero-order chi connectivity index (χ0) is 14.4. The number of imidazole rings is 1. The number of hydrogen-bond donors (Lipinski definition) is 1. The van der Waals surface area contributed by atoms with E-state index in [1.54, 1.807) is 6.33 Å². The quantitative estimate of drug-likeness (QED) is 0.718. The van der Waals surface area contributed by atoms with Crippen LogP contribution in [-0.4, -0.2) is 57.8 Å². The summed E-state index contributed by atoms with van der Waals surface area (Å²) < 4.78 is 7.36. The molecule has 2 aromatic rings. The van der Waals surface area contributed by atoms with Crippen molar-refractivity contribution in [2.45, 2.75) is 19.9 Å². The fourth-order valence-electron chi connectivity index (χ4n) is 2.05. The Morgan fingerprint density at radius 1 is 1.30 bits per heavy atom. The highest BCUT2D eigenvalue weighted by Gasteiger charge is 2.07. The Hall–Kier alpha value is -1.73. The number of rotatable bonds is 8. The van der Waals surface area contributed by atoms with Crippen LogP contribution in [0, 0.1) is 0 Å². The Balaban J connectivity index is 1.83. The summed E-state index contributed by atoms with van der Waals surface area (Å²) in [6, 6.07) is 0. The molecule has 110 valence electrons. The summed E-state index contributed by atoms with van der Waals surface area (Å²) in [6.45, 7) is 6.39. The molecule has 0 amide bonds. The Labute approximate surface area is 118 Å². The molecule has 0 aromatic carbocycles. The van der Waals surface area contributed by atoms with Gasteiger partial charge in [0.05, 0.1) is 12.9 Å². The minimum atomic E-state index is 0.433. The van der Waals surface area contributed by atoms with Gasteiger partial charge in [-0.25, -0.2) is 15.0 Å². The van der Waals surface area contributed by atoms with Gasteiger partial charge in [0.25, 0.3) is 0 Å². The Bertz CT molecular complexity index is 541. The van der Waals surface area contributed by atoms with Gasteiger partial charge in [-0.05, 0) is 26.9 Å². The van der Waals surface area contributed by atoms with E-state index < -0.39 is 0 Å². The molecular weight excluding hydrogens is 256 g/mol. The summed E-state index contributed by atoms with van der Waals surface area (Å²) in [7, 11) is 2.10. The molecule has 2 rings (SSSR count). The van der Waals surface area contributed by atoms with Gasteiger partial charge in [-0.3, -0.25) is 0 Å². The lowest BCUT2D eigenvalue weighted by atomic mass is 10.4. The number of hydrogen-bond acceptors (Lipinski definition) is 6. The second kappa shape index (κ2) is 7.16. The van der Waals surface area contributed by atoms with Gasteiger partial charge in [-0.2, -0.15) is 0 Å². The number of nitrogens with zero attached hydrogens (tertiary/aromatic N) is 5. The SMILES string of the molecule is CCOCCN(C)CCCn1cnc2c(N)ncnc21. The maximum atomic E-state index is 5.77. The zero-order valence-electron chi connectivity index (χ0n) is 12.1. The third-order valence-electron chi connectivity index (χ3n) is 3.19. The van der Waals surface area contributed by atoms with Crippen LogP contribution in [-0.2, 0) is 11.3 Å². The van der Waals surface area contributed by atoms with E-state index in [0.29, 0.717) is 11.3 Å². The molecule has 0 saturated heterocycles. The lowest BCUT2D eigenvalue weighted by Crippen LogP contribution is -2.25. The number of fused-ring (bicyclic) bond motifs is 1. The largest absolute Gasteiger partial charge is 0.382 e. The van der Waals surface area contributed by atoms with E-state index in [4.69, 9.17) is 10.5 Å². The molecule has 0 atom stereocenters. The van der Waals surface area contributed by atoms with Gasteiger partial charge < -0.3 is 19.9 Å². The van der Waals surface area contributed by atoms with E-state index in [2.05, 4.69) is 26.9 Å². The number of aryl methyl sites for hydroxylation is 1. The third-order valence-corrected chi connectivity index (χ3v) is 3.19. The van der Waals surface area contributed by atoms with Crippen molar-refractivity contribution in [3.63, 3.8) is 0 Å². The standard InChI is InChI=1S/C13H22N6O/c1-3-20-8-7-18(2)5-4-6-19-10-17-11-12(14)15-9-16-13(11)19/h9-10H,3-8H2,1-2H3,(H2,14,15,16). The Kier molecular flexibility index (Phi) is 5.25. The molecule has 7 heteroatoms. The van der Waals surface area contributed by atoms with Crippen LogP contribution in [0.5, 0.6) is 0 Å². The topological polar surface area (TPSA) is 82.1 Å². The molecule has 2 N–H and O–H groups in total. The molecule has 0 radical (unpaired) electrons. The summed E-state index contributed by atoms with van der Waals surface area (Å²) in [5.74, 6) is 0.433. The van der Waals surface area contributed by atoms with Crippen molar-refractivity contribution in [2.24, 2.45) is 0 Å². The van der Waals surface area contributed by atoms with E-state index in [-0.39, 0.29) is 0 Å². The first-order chi connectivity index (χ1) is 9.72. The molecule has 20 heavy (non-hydrogen) atoms. The zero-order valence-corrected chi connectivity index (χ0v) is 12.1. The van der Waals surface area contributed by atoms with Crippen LogP contribution in [0.4, 0.5) is 5.82 Å². The molecule has 7 nitrogen and oxygen atoms in total. The van der Waals surface area contributed by atoms with E-state index in [9.17, 15) is 0 Å². The first kappa shape index (κ1) is 14.7. The molecule has 0 saturated carbocycles. The lowest BCUT2D eigenvalue weighted by Gasteiger charge is -2.16. The van der Waals surface area contributed by atoms with Gasteiger partial charge in [0.2, 0.25) is 0 Å². The highest BCUT2D eigenvalue weighted by Crippen LogP contribution is 2.14. The van der Waals surface area contributed by atoms with Gasteiger partial charge >= 0.3 is 0 Å². The maximum absolute atomic E-state index is 5.77. The number of ether oxygens (including phenoxy) is 1. The highest BCUT2D eigenvalue weighted by atomic mass is 16.5. The fraction of sp³-hybridized carbons (Fsp3) is 0.615. The summed E-state index contributed by atoms with van der Waals surface area (Å²) in [4.78, 5) is 14.7. The minimum absolute atomic E-state index is 0.433. The molecule has 0 aliphatic rings. The molecule has 0 aliphatic heterocycles. The molecule has 0 spiro atoms. The van der Waals surface area contributed by atoms with Crippen LogP contribution in [0.25, 0.3) is 11.2 Å². The van der Waals surface area contributed by atoms with Crippen LogP contribution < -0.4 is 5.73 Å². The molecule has 0 fully saturated rings. The second-order valence-electron chi connectivity index (χ2n) is 4.72. The molecule has 0 aliphatic carbocycles.